The van der Waals surface area contributed by atoms with E-state index in [4.69, 9.17) is 19.3 Å². The summed E-state index contributed by atoms with van der Waals surface area (Å²) in [5.41, 5.74) is 2.79. The van der Waals surface area contributed by atoms with Gasteiger partial charge in [-0.2, -0.15) is 5.10 Å². The molecule has 2 aromatic carbocycles. The van der Waals surface area contributed by atoms with E-state index < -0.39 is 17.0 Å². The molecule has 1 amide bonds. The molecule has 8 nitrogen and oxygen atoms in total. The summed E-state index contributed by atoms with van der Waals surface area (Å²) in [6.45, 7) is 16.3. The van der Waals surface area contributed by atoms with Crippen LogP contribution < -0.4 is 14.8 Å². The first-order valence-electron chi connectivity index (χ1n) is 16.7. The van der Waals surface area contributed by atoms with Crippen molar-refractivity contribution in [1.82, 2.24) is 15.1 Å². The quantitative estimate of drug-likeness (QED) is 0.255. The predicted octanol–water partition coefficient (Wildman–Crippen LogP) is 7.89. The topological polar surface area (TPSA) is 91.7 Å². The minimum Gasteiger partial charge on any atom is -0.496 e. The smallest absolute Gasteiger partial charge is 0.332 e. The Morgan fingerprint density at radius 1 is 0.978 bits per heavy atom. The summed E-state index contributed by atoms with van der Waals surface area (Å²) in [6, 6.07) is 13.6. The molecule has 5 unspecified atom stereocenters. The van der Waals surface area contributed by atoms with E-state index in [-0.39, 0.29) is 29.4 Å². The number of methoxy groups -OCH3 is 2. The molecule has 248 valence electrons. The molecule has 0 spiro atoms. The zero-order chi connectivity index (χ0) is 33.6. The van der Waals surface area contributed by atoms with Gasteiger partial charge in [-0.1, -0.05) is 51.5 Å². The van der Waals surface area contributed by atoms with Crippen molar-refractivity contribution < 1.29 is 23.8 Å². The van der Waals surface area contributed by atoms with Gasteiger partial charge in [0.05, 0.1) is 31.2 Å². The first kappa shape index (κ1) is 33.6. The standard InChI is InChI=1S/C38H51N3O5/c1-22(2)28-18-23(3)14-15-30(28)41-31(34-32(44-9)12-11-13-33(34)45-10)21-29(40-41)35(42)39-38(36(43)46-37(6,7)8)25(5)19-26-16-24(4)17-27(38)20-26/h11-15,18,21-22,24-27H,16-17,19-20H2,1-10H3,(H,39,42). The molecular formula is C38H51N3O5. The Labute approximate surface area is 274 Å². The second kappa shape index (κ2) is 12.8. The number of nitrogens with zero attached hydrogens (tertiary/aromatic N) is 2. The lowest BCUT2D eigenvalue weighted by Crippen LogP contribution is -2.67. The van der Waals surface area contributed by atoms with E-state index in [0.29, 0.717) is 34.6 Å². The van der Waals surface area contributed by atoms with Crippen molar-refractivity contribution in [3.8, 4) is 28.4 Å². The monoisotopic (exact) mass is 629 g/mol. The normalized spacial score (nSPS) is 24.4. The zero-order valence-electron chi connectivity index (χ0n) is 29.2. The number of hydrogen-bond donors (Lipinski definition) is 1. The maximum Gasteiger partial charge on any atom is 0.332 e. The van der Waals surface area contributed by atoms with Crippen molar-refractivity contribution in [2.75, 3.05) is 14.2 Å². The summed E-state index contributed by atoms with van der Waals surface area (Å²) in [4.78, 5) is 28.8. The van der Waals surface area contributed by atoms with Gasteiger partial charge in [-0.05, 0) is 113 Å². The Hall–Kier alpha value is -3.81. The molecule has 0 aliphatic heterocycles. The van der Waals surface area contributed by atoms with Crippen LogP contribution >= 0.6 is 0 Å². The number of aromatic nitrogens is 2. The van der Waals surface area contributed by atoms with Gasteiger partial charge < -0.3 is 19.5 Å². The van der Waals surface area contributed by atoms with E-state index in [1.807, 2.05) is 55.8 Å². The van der Waals surface area contributed by atoms with E-state index in [1.54, 1.807) is 20.3 Å². The van der Waals surface area contributed by atoms with Crippen molar-refractivity contribution in [2.45, 2.75) is 98.1 Å². The Morgan fingerprint density at radius 3 is 2.26 bits per heavy atom. The third-order valence-electron chi connectivity index (χ3n) is 9.86. The number of fused-ring (bicyclic) bond motifs is 2. The molecule has 0 radical (unpaired) electrons. The Balaban J connectivity index is 1.68. The number of carbonyl (C=O) groups is 2. The molecule has 2 fully saturated rings. The summed E-state index contributed by atoms with van der Waals surface area (Å²) in [6.07, 6.45) is 3.77. The van der Waals surface area contributed by atoms with Crippen LogP contribution in [-0.2, 0) is 9.53 Å². The molecule has 2 aliphatic rings. The third-order valence-corrected chi connectivity index (χ3v) is 9.86. The number of esters is 1. The van der Waals surface area contributed by atoms with Gasteiger partial charge in [-0.25, -0.2) is 9.48 Å². The average molecular weight is 630 g/mol. The molecule has 1 N–H and O–H groups in total. The van der Waals surface area contributed by atoms with Crippen LogP contribution in [0.1, 0.15) is 102 Å². The Morgan fingerprint density at radius 2 is 1.65 bits per heavy atom. The summed E-state index contributed by atoms with van der Waals surface area (Å²) in [5.74, 6) is 1.52. The lowest BCUT2D eigenvalue weighted by atomic mass is 9.56. The van der Waals surface area contributed by atoms with Gasteiger partial charge >= 0.3 is 5.97 Å². The number of ether oxygens (including phenoxy) is 3. The molecule has 5 atom stereocenters. The lowest BCUT2D eigenvalue weighted by molar-refractivity contribution is -0.173. The number of carbonyl (C=O) groups excluding carboxylic acids is 2. The summed E-state index contributed by atoms with van der Waals surface area (Å²) < 4.78 is 19.5. The van der Waals surface area contributed by atoms with Crippen molar-refractivity contribution >= 4 is 11.9 Å². The SMILES string of the molecule is COc1cccc(OC)c1-c1cc(C(=O)NC2(C(=O)OC(C)(C)C)C(C)CC3CC(C)CC2C3)nn1-c1ccc(C)cc1C(C)C. The highest BCUT2D eigenvalue weighted by Crippen LogP contribution is 2.51. The number of aryl methyl sites for hydroxylation is 1. The van der Waals surface area contributed by atoms with Gasteiger partial charge in [0.1, 0.15) is 22.6 Å². The Kier molecular flexibility index (Phi) is 9.31. The average Bonchev–Trinajstić information content (AvgIpc) is 3.42. The molecule has 3 aromatic rings. The van der Waals surface area contributed by atoms with Crippen LogP contribution in [0.2, 0.25) is 0 Å². The van der Waals surface area contributed by atoms with E-state index >= 15 is 0 Å². The van der Waals surface area contributed by atoms with Gasteiger partial charge in [0.2, 0.25) is 0 Å². The molecule has 2 aliphatic carbocycles. The van der Waals surface area contributed by atoms with Crippen molar-refractivity contribution in [3.63, 3.8) is 0 Å². The highest BCUT2D eigenvalue weighted by atomic mass is 16.6. The largest absolute Gasteiger partial charge is 0.496 e. The van der Waals surface area contributed by atoms with Crippen molar-refractivity contribution in [1.29, 1.82) is 0 Å². The third kappa shape index (κ3) is 6.27. The minimum absolute atomic E-state index is 0.0238. The van der Waals surface area contributed by atoms with Crippen molar-refractivity contribution in [2.24, 2.45) is 23.7 Å². The molecule has 46 heavy (non-hydrogen) atoms. The maximum absolute atomic E-state index is 14.5. The molecule has 5 rings (SSSR count). The highest BCUT2D eigenvalue weighted by molar-refractivity contribution is 5.98. The van der Waals surface area contributed by atoms with Gasteiger partial charge in [0.25, 0.3) is 5.91 Å². The second-order valence-corrected chi connectivity index (χ2v) is 14.9. The van der Waals surface area contributed by atoms with Crippen LogP contribution in [0.5, 0.6) is 11.5 Å². The van der Waals surface area contributed by atoms with E-state index in [1.165, 1.54) is 0 Å². The number of hydrogen-bond acceptors (Lipinski definition) is 6. The number of rotatable bonds is 8. The van der Waals surface area contributed by atoms with Crippen molar-refractivity contribution in [3.05, 3.63) is 59.3 Å². The van der Waals surface area contributed by atoms with Gasteiger partial charge in [0.15, 0.2) is 5.69 Å². The van der Waals surface area contributed by atoms with Gasteiger partial charge in [-0.3, -0.25) is 4.79 Å². The zero-order valence-corrected chi connectivity index (χ0v) is 29.2. The van der Waals surface area contributed by atoms with Crippen LogP contribution in [0.25, 0.3) is 16.9 Å². The van der Waals surface area contributed by atoms with E-state index in [0.717, 1.165) is 42.5 Å². The first-order chi connectivity index (χ1) is 21.7. The first-order valence-corrected chi connectivity index (χ1v) is 16.7. The molecular weight excluding hydrogens is 578 g/mol. The van der Waals surface area contributed by atoms with Crippen LogP contribution in [0.4, 0.5) is 0 Å². The molecule has 1 heterocycles. The summed E-state index contributed by atoms with van der Waals surface area (Å²) >= 11 is 0. The molecule has 0 saturated heterocycles. The number of benzene rings is 2. The lowest BCUT2D eigenvalue weighted by Gasteiger charge is -2.53. The minimum atomic E-state index is -1.16. The fourth-order valence-corrected chi connectivity index (χ4v) is 7.94. The number of nitrogens with one attached hydrogen (secondary N) is 1. The highest BCUT2D eigenvalue weighted by Gasteiger charge is 2.58. The fourth-order valence-electron chi connectivity index (χ4n) is 7.94. The van der Waals surface area contributed by atoms with Gasteiger partial charge in [-0.15, -0.1) is 0 Å². The fraction of sp³-hybridized carbons (Fsp3) is 0.553. The number of amides is 1. The molecule has 8 heteroatoms. The van der Waals surface area contributed by atoms with Crippen LogP contribution in [0.15, 0.2) is 42.5 Å². The van der Waals surface area contributed by atoms with Gasteiger partial charge in [0, 0.05) is 0 Å². The van der Waals surface area contributed by atoms with Crippen LogP contribution in [0, 0.1) is 30.6 Å². The predicted molar refractivity (Wildman–Crippen MR) is 181 cm³/mol. The molecule has 2 bridgehead atoms. The van der Waals surface area contributed by atoms with E-state index in [9.17, 15) is 9.59 Å². The van der Waals surface area contributed by atoms with E-state index in [2.05, 4.69) is 46.0 Å². The summed E-state index contributed by atoms with van der Waals surface area (Å²) in [5, 5.41) is 8.26. The molecule has 1 aromatic heterocycles. The summed E-state index contributed by atoms with van der Waals surface area (Å²) in [7, 11) is 3.23. The second-order valence-electron chi connectivity index (χ2n) is 14.9. The molecule has 2 saturated carbocycles. The maximum atomic E-state index is 14.5. The van der Waals surface area contributed by atoms with Crippen LogP contribution in [-0.4, -0.2) is 47.0 Å². The Bertz CT molecular complexity index is 1580. The van der Waals surface area contributed by atoms with Crippen LogP contribution in [0.3, 0.4) is 0 Å².